The van der Waals surface area contributed by atoms with Gasteiger partial charge < -0.3 is 14.6 Å². The first-order valence-corrected chi connectivity index (χ1v) is 10.1. The lowest BCUT2D eigenvalue weighted by Crippen LogP contribution is -2.49. The number of benzene rings is 2. The van der Waals surface area contributed by atoms with Crippen LogP contribution in [0, 0.1) is 0 Å². The summed E-state index contributed by atoms with van der Waals surface area (Å²) < 4.78 is 11.1. The SMILES string of the molecule is OC1(c2ccc(C3OCCO3)cc2)CC2CCC(C1)N2Cc1ccccc1. The number of rotatable bonds is 4. The number of hydrogen-bond acceptors (Lipinski definition) is 4. The lowest BCUT2D eigenvalue weighted by atomic mass is 9.80. The lowest BCUT2D eigenvalue weighted by molar-refractivity contribution is -0.0599. The van der Waals surface area contributed by atoms with E-state index < -0.39 is 5.60 Å². The molecule has 0 aliphatic carbocycles. The predicted octanol–water partition coefficient (Wildman–Crippen LogP) is 3.75. The van der Waals surface area contributed by atoms with Gasteiger partial charge in [-0.1, -0.05) is 54.6 Å². The van der Waals surface area contributed by atoms with Crippen molar-refractivity contribution in [3.63, 3.8) is 0 Å². The molecule has 2 unspecified atom stereocenters. The molecule has 2 aromatic carbocycles. The Morgan fingerprint density at radius 1 is 0.889 bits per heavy atom. The summed E-state index contributed by atoms with van der Waals surface area (Å²) >= 11 is 0. The van der Waals surface area contributed by atoms with Crippen molar-refractivity contribution >= 4 is 0 Å². The highest BCUT2D eigenvalue weighted by molar-refractivity contribution is 5.30. The van der Waals surface area contributed by atoms with Crippen LogP contribution in [0.25, 0.3) is 0 Å². The Kier molecular flexibility index (Phi) is 4.52. The average Bonchev–Trinajstić information content (AvgIpc) is 3.31. The first kappa shape index (κ1) is 17.4. The summed E-state index contributed by atoms with van der Waals surface area (Å²) in [6.07, 6.45) is 3.74. The molecule has 5 rings (SSSR count). The van der Waals surface area contributed by atoms with Crippen molar-refractivity contribution in [2.24, 2.45) is 0 Å². The molecular formula is C23H27NO3. The molecule has 2 atom stereocenters. The maximum absolute atomic E-state index is 11.5. The third kappa shape index (κ3) is 3.32. The second kappa shape index (κ2) is 7.02. The van der Waals surface area contributed by atoms with Crippen molar-refractivity contribution < 1.29 is 14.6 Å². The van der Waals surface area contributed by atoms with Crippen molar-refractivity contribution in [3.8, 4) is 0 Å². The molecule has 0 amide bonds. The van der Waals surface area contributed by atoms with Crippen LogP contribution in [0.2, 0.25) is 0 Å². The molecular weight excluding hydrogens is 338 g/mol. The summed E-state index contributed by atoms with van der Waals surface area (Å²) in [5, 5.41) is 11.5. The van der Waals surface area contributed by atoms with Gasteiger partial charge in [0.1, 0.15) is 0 Å². The predicted molar refractivity (Wildman–Crippen MR) is 103 cm³/mol. The third-order valence-electron chi connectivity index (χ3n) is 6.47. The summed E-state index contributed by atoms with van der Waals surface area (Å²) in [5.74, 6) is 0. The summed E-state index contributed by atoms with van der Waals surface area (Å²) in [7, 11) is 0. The van der Waals surface area contributed by atoms with E-state index >= 15 is 0 Å². The van der Waals surface area contributed by atoms with Gasteiger partial charge in [-0.05, 0) is 36.8 Å². The van der Waals surface area contributed by atoms with Gasteiger partial charge in [-0.25, -0.2) is 0 Å². The fourth-order valence-corrected chi connectivity index (χ4v) is 5.11. The van der Waals surface area contributed by atoms with Gasteiger partial charge in [0.15, 0.2) is 6.29 Å². The average molecular weight is 365 g/mol. The second-order valence-electron chi connectivity index (χ2n) is 8.18. The monoisotopic (exact) mass is 365 g/mol. The Balaban J connectivity index is 1.32. The van der Waals surface area contributed by atoms with E-state index in [0.29, 0.717) is 25.3 Å². The van der Waals surface area contributed by atoms with E-state index in [0.717, 1.165) is 30.5 Å². The highest BCUT2D eigenvalue weighted by Crippen LogP contribution is 2.46. The van der Waals surface area contributed by atoms with Crippen LogP contribution in [0.15, 0.2) is 54.6 Å². The summed E-state index contributed by atoms with van der Waals surface area (Å²) in [6, 6.07) is 19.8. The van der Waals surface area contributed by atoms with Crippen LogP contribution in [-0.4, -0.2) is 35.3 Å². The maximum Gasteiger partial charge on any atom is 0.184 e. The molecule has 3 heterocycles. The number of hydrogen-bond donors (Lipinski definition) is 1. The van der Waals surface area contributed by atoms with Crippen LogP contribution >= 0.6 is 0 Å². The fourth-order valence-electron chi connectivity index (χ4n) is 5.11. The molecule has 2 bridgehead atoms. The summed E-state index contributed by atoms with van der Waals surface area (Å²) in [5.41, 5.74) is 2.69. The summed E-state index contributed by atoms with van der Waals surface area (Å²) in [6.45, 7) is 2.29. The number of nitrogens with zero attached hydrogens (tertiary/aromatic N) is 1. The van der Waals surface area contributed by atoms with Crippen molar-refractivity contribution in [2.45, 2.75) is 56.2 Å². The van der Waals surface area contributed by atoms with Crippen molar-refractivity contribution in [1.82, 2.24) is 4.90 Å². The van der Waals surface area contributed by atoms with Crippen LogP contribution in [0.5, 0.6) is 0 Å². The highest BCUT2D eigenvalue weighted by atomic mass is 16.7. The molecule has 142 valence electrons. The molecule has 0 radical (unpaired) electrons. The second-order valence-corrected chi connectivity index (χ2v) is 8.18. The molecule has 4 nitrogen and oxygen atoms in total. The molecule has 3 fully saturated rings. The highest BCUT2D eigenvalue weighted by Gasteiger charge is 2.48. The first-order chi connectivity index (χ1) is 13.2. The molecule has 27 heavy (non-hydrogen) atoms. The largest absolute Gasteiger partial charge is 0.385 e. The normalized spacial score (nSPS) is 31.4. The van der Waals surface area contributed by atoms with Gasteiger partial charge in [-0.3, -0.25) is 4.90 Å². The van der Waals surface area contributed by atoms with E-state index in [4.69, 9.17) is 9.47 Å². The molecule has 1 N–H and O–H groups in total. The Morgan fingerprint density at radius 2 is 1.52 bits per heavy atom. The molecule has 0 spiro atoms. The van der Waals surface area contributed by atoms with E-state index in [-0.39, 0.29) is 6.29 Å². The van der Waals surface area contributed by atoms with Gasteiger partial charge in [0.05, 0.1) is 18.8 Å². The Morgan fingerprint density at radius 3 is 2.15 bits per heavy atom. The first-order valence-electron chi connectivity index (χ1n) is 10.1. The van der Waals surface area contributed by atoms with Gasteiger partial charge in [0, 0.05) is 24.2 Å². The Labute approximate surface area is 160 Å². The quantitative estimate of drug-likeness (QED) is 0.896. The van der Waals surface area contributed by atoms with Gasteiger partial charge in [-0.15, -0.1) is 0 Å². The molecule has 3 aliphatic rings. The Bertz CT molecular complexity index is 756. The minimum absolute atomic E-state index is 0.252. The van der Waals surface area contributed by atoms with Gasteiger partial charge in [0.2, 0.25) is 0 Å². The summed E-state index contributed by atoms with van der Waals surface area (Å²) in [4.78, 5) is 2.61. The van der Waals surface area contributed by atoms with Gasteiger partial charge in [-0.2, -0.15) is 0 Å². The zero-order chi connectivity index (χ0) is 18.3. The fraction of sp³-hybridized carbons (Fsp3) is 0.478. The topological polar surface area (TPSA) is 41.9 Å². The van der Waals surface area contributed by atoms with Crippen molar-refractivity contribution in [2.75, 3.05) is 13.2 Å². The molecule has 3 saturated heterocycles. The van der Waals surface area contributed by atoms with E-state index in [9.17, 15) is 5.11 Å². The number of fused-ring (bicyclic) bond motifs is 2. The van der Waals surface area contributed by atoms with Crippen molar-refractivity contribution in [3.05, 3.63) is 71.3 Å². The zero-order valence-electron chi connectivity index (χ0n) is 15.6. The lowest BCUT2D eigenvalue weighted by Gasteiger charge is -2.44. The molecule has 0 aromatic heterocycles. The molecule has 0 saturated carbocycles. The minimum atomic E-state index is -0.727. The van der Waals surface area contributed by atoms with E-state index in [2.05, 4.69) is 47.4 Å². The van der Waals surface area contributed by atoms with E-state index in [1.165, 1.54) is 18.4 Å². The number of ether oxygens (including phenoxy) is 2. The standard InChI is InChI=1S/C23H27NO3/c25-23(19-8-6-18(7-9-19)22-26-12-13-27-22)14-20-10-11-21(15-23)24(20)16-17-4-2-1-3-5-17/h1-9,20-22,25H,10-16H2. The van der Waals surface area contributed by atoms with Crippen LogP contribution in [0.1, 0.15) is 48.7 Å². The molecule has 3 aliphatic heterocycles. The minimum Gasteiger partial charge on any atom is -0.385 e. The third-order valence-corrected chi connectivity index (χ3v) is 6.47. The molecule has 4 heteroatoms. The maximum atomic E-state index is 11.5. The smallest absolute Gasteiger partial charge is 0.184 e. The zero-order valence-corrected chi connectivity index (χ0v) is 15.6. The van der Waals surface area contributed by atoms with Gasteiger partial charge in [0.25, 0.3) is 0 Å². The van der Waals surface area contributed by atoms with Gasteiger partial charge >= 0.3 is 0 Å². The van der Waals surface area contributed by atoms with Crippen LogP contribution in [-0.2, 0) is 21.6 Å². The van der Waals surface area contributed by atoms with E-state index in [1.54, 1.807) is 0 Å². The van der Waals surface area contributed by atoms with E-state index in [1.807, 2.05) is 12.1 Å². The van der Waals surface area contributed by atoms with Crippen molar-refractivity contribution in [1.29, 1.82) is 0 Å². The molecule has 2 aromatic rings. The number of piperidine rings is 1. The van der Waals surface area contributed by atoms with Crippen LogP contribution in [0.3, 0.4) is 0 Å². The number of aliphatic hydroxyl groups is 1. The Hall–Kier alpha value is -1.72. The van der Waals surface area contributed by atoms with Crippen LogP contribution < -0.4 is 0 Å². The van der Waals surface area contributed by atoms with Crippen LogP contribution in [0.4, 0.5) is 0 Å².